The molecule has 1 heterocycles. The van der Waals surface area contributed by atoms with Crippen molar-refractivity contribution in [1.82, 2.24) is 3.97 Å². The van der Waals surface area contributed by atoms with Gasteiger partial charge in [-0.15, -0.1) is 0 Å². The molecular weight excluding hydrogens is 678 g/mol. The molecule has 0 bridgehead atoms. The SMILES string of the molecule is [C-]#[N+]c1cccc(C#N)c1-c1c(-c2cccc(-c3cc(F)c(C(C)=O)cc3Cl)c2)n(S(=O)(=O)c2ccc(C(F)F)cc2)c2ccc(F)cc12. The van der Waals surface area contributed by atoms with Gasteiger partial charge >= 0.3 is 0 Å². The summed E-state index contributed by atoms with van der Waals surface area (Å²) in [7, 11) is -4.67. The van der Waals surface area contributed by atoms with Gasteiger partial charge in [0.2, 0.25) is 0 Å². The largest absolute Gasteiger partial charge is 0.294 e. The van der Waals surface area contributed by atoms with E-state index in [4.69, 9.17) is 18.2 Å². The number of hydrogen-bond donors (Lipinski definition) is 0. The van der Waals surface area contributed by atoms with Crippen LogP contribution in [0.1, 0.15) is 34.8 Å². The number of carbonyl (C=O) groups excluding carboxylic acids is 1. The van der Waals surface area contributed by atoms with Gasteiger partial charge in [0.15, 0.2) is 11.5 Å². The molecule has 0 aliphatic heterocycles. The molecule has 0 saturated carbocycles. The maximum absolute atomic E-state index is 15.0. The van der Waals surface area contributed by atoms with Gasteiger partial charge in [-0.25, -0.2) is 34.8 Å². The number of carbonyl (C=O) groups is 1. The Morgan fingerprint density at radius 2 is 1.61 bits per heavy atom. The van der Waals surface area contributed by atoms with E-state index in [9.17, 15) is 27.3 Å². The number of alkyl halides is 2. The van der Waals surface area contributed by atoms with Crippen LogP contribution in [0.5, 0.6) is 0 Å². The molecule has 0 aliphatic carbocycles. The van der Waals surface area contributed by atoms with Crippen LogP contribution in [0.2, 0.25) is 5.02 Å². The Labute approximate surface area is 282 Å². The molecule has 0 atom stereocenters. The second-order valence-electron chi connectivity index (χ2n) is 10.9. The number of benzene rings is 5. The van der Waals surface area contributed by atoms with E-state index >= 15 is 8.78 Å². The molecule has 242 valence electrons. The lowest BCUT2D eigenvalue weighted by Gasteiger charge is -2.16. The minimum absolute atomic E-state index is 0.00200. The van der Waals surface area contributed by atoms with Gasteiger partial charge in [0, 0.05) is 43.8 Å². The molecule has 12 heteroatoms. The Kier molecular flexibility index (Phi) is 8.59. The molecule has 0 spiro atoms. The molecule has 0 unspecified atom stereocenters. The lowest BCUT2D eigenvalue weighted by Crippen LogP contribution is -2.14. The van der Waals surface area contributed by atoms with E-state index in [0.717, 1.165) is 46.4 Å². The molecule has 0 saturated heterocycles. The van der Waals surface area contributed by atoms with Gasteiger partial charge in [-0.05, 0) is 67.1 Å². The van der Waals surface area contributed by atoms with E-state index in [1.165, 1.54) is 49.4 Å². The maximum atomic E-state index is 15.0. The molecule has 5 aromatic carbocycles. The molecular formula is C37H20ClF4N3O3S. The first kappa shape index (κ1) is 33.2. The van der Waals surface area contributed by atoms with Gasteiger partial charge in [-0.1, -0.05) is 54.1 Å². The van der Waals surface area contributed by atoms with Crippen LogP contribution in [0, 0.1) is 29.5 Å². The molecule has 0 radical (unpaired) electrons. The lowest BCUT2D eigenvalue weighted by atomic mass is 9.92. The van der Waals surface area contributed by atoms with Gasteiger partial charge in [0.05, 0.1) is 34.3 Å². The standard InChI is InChI=1S/C37H20ClF4N3O3S/c1-20(46)27-17-30(38)28(18-31(27)40)22-5-3-6-23(15-22)36-35(34-24(19-43)7-4-8-32(34)44-2)29-16-25(39)11-14-33(29)45(36)49(47,48)26-12-9-21(10-13-26)37(41)42/h3-18,37H,1H3. The van der Waals surface area contributed by atoms with Crippen molar-refractivity contribution in [2.75, 3.05) is 0 Å². The monoisotopic (exact) mass is 697 g/mol. The van der Waals surface area contributed by atoms with Gasteiger partial charge in [-0.2, -0.15) is 5.26 Å². The van der Waals surface area contributed by atoms with Gasteiger partial charge in [-0.3, -0.25) is 4.79 Å². The quantitative estimate of drug-likeness (QED) is 0.0944. The average molecular weight is 698 g/mol. The Morgan fingerprint density at radius 1 is 0.918 bits per heavy atom. The topological polar surface area (TPSA) is 84.3 Å². The molecule has 0 N–H and O–H groups in total. The van der Waals surface area contributed by atoms with Crippen LogP contribution in [0.4, 0.5) is 23.2 Å². The molecule has 49 heavy (non-hydrogen) atoms. The molecule has 6 rings (SSSR count). The van der Waals surface area contributed by atoms with Crippen LogP contribution < -0.4 is 0 Å². The van der Waals surface area contributed by atoms with Crippen LogP contribution in [0.15, 0.2) is 102 Å². The Bertz CT molecular complexity index is 2500. The average Bonchev–Trinajstić information content (AvgIpc) is 3.43. The van der Waals surface area contributed by atoms with Crippen molar-refractivity contribution in [2.45, 2.75) is 18.2 Å². The highest BCUT2D eigenvalue weighted by molar-refractivity contribution is 7.90. The molecule has 6 nitrogen and oxygen atoms in total. The van der Waals surface area contributed by atoms with Crippen molar-refractivity contribution in [3.63, 3.8) is 0 Å². The van der Waals surface area contributed by atoms with Crippen molar-refractivity contribution in [3.05, 3.63) is 142 Å². The number of fused-ring (bicyclic) bond motifs is 1. The van der Waals surface area contributed by atoms with Gasteiger partial charge < -0.3 is 0 Å². The van der Waals surface area contributed by atoms with E-state index in [2.05, 4.69) is 4.85 Å². The summed E-state index contributed by atoms with van der Waals surface area (Å²) >= 11 is 6.50. The summed E-state index contributed by atoms with van der Waals surface area (Å²) < 4.78 is 86.8. The van der Waals surface area contributed by atoms with Crippen LogP contribution in [-0.4, -0.2) is 18.2 Å². The highest BCUT2D eigenvalue weighted by atomic mass is 35.5. The summed E-state index contributed by atoms with van der Waals surface area (Å²) in [4.78, 5) is 15.1. The van der Waals surface area contributed by atoms with E-state index in [1.54, 1.807) is 12.1 Å². The normalized spacial score (nSPS) is 11.4. The first-order valence-electron chi connectivity index (χ1n) is 14.4. The van der Waals surface area contributed by atoms with E-state index < -0.39 is 39.4 Å². The number of ketones is 1. The van der Waals surface area contributed by atoms with Crippen LogP contribution in [0.3, 0.4) is 0 Å². The molecule has 0 fully saturated rings. The fourth-order valence-electron chi connectivity index (χ4n) is 5.75. The number of halogens is 5. The van der Waals surface area contributed by atoms with Crippen molar-refractivity contribution in [1.29, 1.82) is 5.26 Å². The van der Waals surface area contributed by atoms with Crippen molar-refractivity contribution in [3.8, 4) is 39.6 Å². The van der Waals surface area contributed by atoms with Crippen LogP contribution in [-0.2, 0) is 10.0 Å². The minimum atomic E-state index is -4.67. The minimum Gasteiger partial charge on any atom is -0.294 e. The summed E-state index contributed by atoms with van der Waals surface area (Å²) in [5, 5.41) is 10.2. The predicted molar refractivity (Wildman–Crippen MR) is 178 cm³/mol. The highest BCUT2D eigenvalue weighted by Gasteiger charge is 2.31. The first-order chi connectivity index (χ1) is 23.4. The summed E-state index contributed by atoms with van der Waals surface area (Å²) in [5.74, 6) is -2.11. The second kappa shape index (κ2) is 12.7. The van der Waals surface area contributed by atoms with E-state index in [-0.39, 0.29) is 65.6 Å². The third-order valence-corrected chi connectivity index (χ3v) is 10.0. The van der Waals surface area contributed by atoms with E-state index in [1.807, 2.05) is 6.07 Å². The third kappa shape index (κ3) is 5.73. The van der Waals surface area contributed by atoms with Crippen molar-refractivity contribution < 1.29 is 30.8 Å². The first-order valence-corrected chi connectivity index (χ1v) is 16.2. The number of aromatic nitrogens is 1. The summed E-state index contributed by atoms with van der Waals surface area (Å²) in [6.45, 7) is 9.06. The summed E-state index contributed by atoms with van der Waals surface area (Å²) in [6, 6.07) is 22.2. The highest BCUT2D eigenvalue weighted by Crippen LogP contribution is 2.48. The number of nitrogens with zero attached hydrogens (tertiary/aromatic N) is 3. The molecule has 6 aromatic rings. The fourth-order valence-corrected chi connectivity index (χ4v) is 7.57. The predicted octanol–water partition coefficient (Wildman–Crippen LogP) is 10.4. The zero-order valence-corrected chi connectivity index (χ0v) is 26.8. The lowest BCUT2D eigenvalue weighted by molar-refractivity contribution is 0.101. The zero-order chi connectivity index (χ0) is 35.2. The fraction of sp³-hybridized carbons (Fsp3) is 0.0541. The Hall–Kier alpha value is -5.75. The molecule has 1 aromatic heterocycles. The van der Waals surface area contributed by atoms with Crippen LogP contribution in [0.25, 0.3) is 49.3 Å². The van der Waals surface area contributed by atoms with Crippen LogP contribution >= 0.6 is 11.6 Å². The Balaban J connectivity index is 1.77. The van der Waals surface area contributed by atoms with E-state index in [0.29, 0.717) is 5.56 Å². The van der Waals surface area contributed by atoms with Crippen molar-refractivity contribution >= 4 is 44.0 Å². The number of Topliss-reactive ketones (excluding diaryl/α,β-unsaturated/α-hetero) is 1. The number of hydrogen-bond acceptors (Lipinski definition) is 4. The van der Waals surface area contributed by atoms with Gasteiger partial charge in [0.1, 0.15) is 11.6 Å². The second-order valence-corrected chi connectivity index (χ2v) is 13.1. The molecule has 0 amide bonds. The number of nitriles is 1. The number of rotatable bonds is 7. The smallest absolute Gasteiger partial charge is 0.268 e. The maximum Gasteiger partial charge on any atom is 0.268 e. The summed E-state index contributed by atoms with van der Waals surface area (Å²) in [5.41, 5.74) is -0.0597. The van der Waals surface area contributed by atoms with Crippen molar-refractivity contribution in [2.24, 2.45) is 0 Å². The molecule has 0 aliphatic rings. The third-order valence-electron chi connectivity index (χ3n) is 7.97. The zero-order valence-electron chi connectivity index (χ0n) is 25.2. The Morgan fingerprint density at radius 3 is 2.27 bits per heavy atom. The van der Waals surface area contributed by atoms with Gasteiger partial charge in [0.25, 0.3) is 16.4 Å². The summed E-state index contributed by atoms with van der Waals surface area (Å²) in [6.07, 6.45) is -2.85.